The van der Waals surface area contributed by atoms with Crippen LogP contribution in [-0.2, 0) is 55.9 Å². The summed E-state index contributed by atoms with van der Waals surface area (Å²) in [7, 11) is 0. The molecule has 0 bridgehead atoms. The zero-order valence-electron chi connectivity index (χ0n) is 32.4. The van der Waals surface area contributed by atoms with Crippen molar-refractivity contribution in [2.75, 3.05) is 13.2 Å². The first-order chi connectivity index (χ1) is 28.4. The lowest BCUT2D eigenvalue weighted by Crippen LogP contribution is -2.65. The van der Waals surface area contributed by atoms with Gasteiger partial charge in [0.25, 0.3) is 0 Å². The van der Waals surface area contributed by atoms with Gasteiger partial charge in [0.2, 0.25) is 5.79 Å². The summed E-state index contributed by atoms with van der Waals surface area (Å²) in [4.78, 5) is 0. The maximum Gasteiger partial charge on any atom is 0.222 e. The molecular formula is C49H49ClO8. The Labute approximate surface area is 345 Å². The molecule has 6 aromatic carbocycles. The molecule has 1 heterocycles. The van der Waals surface area contributed by atoms with Gasteiger partial charge in [-0.1, -0.05) is 151 Å². The number of halogens is 1. The van der Waals surface area contributed by atoms with E-state index in [1.165, 1.54) is 0 Å². The summed E-state index contributed by atoms with van der Waals surface area (Å²) in [5.41, 5.74) is 5.50. The molecule has 1 aliphatic heterocycles. The predicted octanol–water partition coefficient (Wildman–Crippen LogP) is 9.34. The highest BCUT2D eigenvalue weighted by atomic mass is 35.5. The van der Waals surface area contributed by atoms with Crippen molar-refractivity contribution in [3.8, 4) is 5.75 Å². The van der Waals surface area contributed by atoms with E-state index in [1.807, 2.05) is 153 Å². The van der Waals surface area contributed by atoms with Gasteiger partial charge in [-0.2, -0.15) is 0 Å². The molecule has 300 valence electrons. The molecule has 0 saturated carbocycles. The number of aliphatic hydroxyl groups is 2. The highest BCUT2D eigenvalue weighted by Gasteiger charge is 2.57. The molecule has 0 aliphatic carbocycles. The van der Waals surface area contributed by atoms with Crippen molar-refractivity contribution in [3.05, 3.63) is 208 Å². The topological polar surface area (TPSA) is 95.8 Å². The first kappa shape index (κ1) is 41.3. The second kappa shape index (κ2) is 20.2. The first-order valence-electron chi connectivity index (χ1n) is 19.6. The summed E-state index contributed by atoms with van der Waals surface area (Å²) in [5, 5.41) is 24.5. The van der Waals surface area contributed by atoms with Crippen LogP contribution in [0.3, 0.4) is 0 Å². The molecule has 6 atom stereocenters. The number of hydrogen-bond donors (Lipinski definition) is 2. The fourth-order valence-electron chi connectivity index (χ4n) is 7.22. The lowest BCUT2D eigenvalue weighted by atomic mass is 9.86. The van der Waals surface area contributed by atoms with Crippen LogP contribution < -0.4 is 4.74 Å². The van der Waals surface area contributed by atoms with Gasteiger partial charge in [0.1, 0.15) is 36.3 Å². The van der Waals surface area contributed by atoms with Gasteiger partial charge in [-0.3, -0.25) is 0 Å². The molecule has 2 N–H and O–H groups in total. The smallest absolute Gasteiger partial charge is 0.222 e. The van der Waals surface area contributed by atoms with Gasteiger partial charge in [0, 0.05) is 16.1 Å². The third-order valence-corrected chi connectivity index (χ3v) is 10.5. The van der Waals surface area contributed by atoms with E-state index in [0.717, 1.165) is 33.6 Å². The Morgan fingerprint density at radius 3 is 1.64 bits per heavy atom. The van der Waals surface area contributed by atoms with E-state index >= 15 is 0 Å². The average Bonchev–Trinajstić information content (AvgIpc) is 3.27. The Hall–Kier alpha value is -4.87. The van der Waals surface area contributed by atoms with E-state index in [1.54, 1.807) is 18.2 Å². The maximum atomic E-state index is 13.1. The van der Waals surface area contributed by atoms with Crippen LogP contribution in [0, 0.1) is 0 Å². The lowest BCUT2D eigenvalue weighted by Gasteiger charge is -2.50. The molecule has 0 radical (unpaired) electrons. The Morgan fingerprint density at radius 2 is 1.12 bits per heavy atom. The fraction of sp³-hybridized carbons (Fsp3) is 0.265. The summed E-state index contributed by atoms with van der Waals surface area (Å²) in [6, 6.07) is 52.0. The summed E-state index contributed by atoms with van der Waals surface area (Å²) in [6.07, 6.45) is -4.57. The summed E-state index contributed by atoms with van der Waals surface area (Å²) in [6.45, 7) is 2.85. The second-order valence-electron chi connectivity index (χ2n) is 14.2. The minimum absolute atomic E-state index is 0.132. The largest absolute Gasteiger partial charge is 0.494 e. The van der Waals surface area contributed by atoms with Gasteiger partial charge >= 0.3 is 0 Å². The molecule has 0 spiro atoms. The van der Waals surface area contributed by atoms with Gasteiger partial charge < -0.3 is 38.6 Å². The van der Waals surface area contributed by atoms with Crippen LogP contribution in [0.2, 0.25) is 5.02 Å². The van der Waals surface area contributed by atoms with Crippen molar-refractivity contribution in [1.29, 1.82) is 0 Å². The molecule has 7 rings (SSSR count). The summed E-state index contributed by atoms with van der Waals surface area (Å²) in [5.74, 6) is -1.42. The van der Waals surface area contributed by atoms with Crippen LogP contribution in [-0.4, -0.2) is 47.8 Å². The standard InChI is InChI=1S/C49H49ClO8/c1-2-53-41-26-23-39(24-27-41)45(54-31-35-15-7-3-8-16-35)42-29-40(25-28-43(42)50)49(52)48(57-34-38-21-13-6-14-22-38)47(56-33-37-19-11-5-12-20-37)46(44(30-51)58-49)55-32-36-17-9-4-10-18-36/h3-29,44-48,51-52H,2,30-34H2,1H3/t44-,45?,46-,47+,48-,49?/m1/s1. The highest BCUT2D eigenvalue weighted by molar-refractivity contribution is 6.31. The minimum Gasteiger partial charge on any atom is -0.494 e. The van der Waals surface area contributed by atoms with Gasteiger partial charge in [-0.05, 0) is 59.0 Å². The molecule has 0 aromatic heterocycles. The van der Waals surface area contributed by atoms with Crippen molar-refractivity contribution in [3.63, 3.8) is 0 Å². The number of hydrogen-bond acceptors (Lipinski definition) is 8. The van der Waals surface area contributed by atoms with E-state index in [9.17, 15) is 10.2 Å². The van der Waals surface area contributed by atoms with E-state index in [0.29, 0.717) is 29.4 Å². The number of ether oxygens (including phenoxy) is 6. The quantitative estimate of drug-likeness (QED) is 0.0889. The Bertz CT molecular complexity index is 2120. The Kier molecular flexibility index (Phi) is 14.4. The third kappa shape index (κ3) is 10.2. The van der Waals surface area contributed by atoms with Gasteiger partial charge in [-0.25, -0.2) is 0 Å². The molecule has 2 unspecified atom stereocenters. The van der Waals surface area contributed by atoms with Crippen molar-refractivity contribution in [1.82, 2.24) is 0 Å². The second-order valence-corrected chi connectivity index (χ2v) is 14.6. The third-order valence-electron chi connectivity index (χ3n) is 10.2. The molecule has 0 amide bonds. The van der Waals surface area contributed by atoms with E-state index in [4.69, 9.17) is 40.0 Å². The molecule has 1 aliphatic rings. The lowest BCUT2D eigenvalue weighted by molar-refractivity contribution is -0.377. The van der Waals surface area contributed by atoms with Crippen LogP contribution in [0.4, 0.5) is 0 Å². The van der Waals surface area contributed by atoms with Crippen molar-refractivity contribution >= 4 is 11.6 Å². The predicted molar refractivity (Wildman–Crippen MR) is 223 cm³/mol. The molecule has 1 saturated heterocycles. The van der Waals surface area contributed by atoms with Crippen LogP contribution >= 0.6 is 11.6 Å². The average molecular weight is 801 g/mol. The fourth-order valence-corrected chi connectivity index (χ4v) is 7.44. The summed E-state index contributed by atoms with van der Waals surface area (Å²) >= 11 is 7.05. The summed E-state index contributed by atoms with van der Waals surface area (Å²) < 4.78 is 39.1. The van der Waals surface area contributed by atoms with Crippen molar-refractivity contribution in [2.45, 2.75) is 69.7 Å². The first-order valence-corrected chi connectivity index (χ1v) is 20.0. The molecule has 9 heteroatoms. The van der Waals surface area contributed by atoms with Crippen LogP contribution in [0.25, 0.3) is 0 Å². The van der Waals surface area contributed by atoms with Crippen LogP contribution in [0.15, 0.2) is 164 Å². The van der Waals surface area contributed by atoms with Crippen LogP contribution in [0.1, 0.15) is 52.0 Å². The molecule has 1 fully saturated rings. The van der Waals surface area contributed by atoms with E-state index < -0.39 is 42.9 Å². The van der Waals surface area contributed by atoms with E-state index in [-0.39, 0.29) is 19.8 Å². The van der Waals surface area contributed by atoms with Gasteiger partial charge in [0.05, 0.1) is 39.6 Å². The monoisotopic (exact) mass is 800 g/mol. The van der Waals surface area contributed by atoms with Crippen molar-refractivity contribution < 1.29 is 38.6 Å². The number of benzene rings is 6. The van der Waals surface area contributed by atoms with E-state index in [2.05, 4.69) is 0 Å². The van der Waals surface area contributed by atoms with Crippen LogP contribution in [0.5, 0.6) is 5.75 Å². The molecule has 58 heavy (non-hydrogen) atoms. The molecule has 6 aromatic rings. The normalized spacial score (nSPS) is 21.0. The Balaban J connectivity index is 1.30. The minimum atomic E-state index is -2.15. The van der Waals surface area contributed by atoms with Crippen molar-refractivity contribution in [2.24, 2.45) is 0 Å². The SMILES string of the molecule is CCOc1ccc(C(OCc2ccccc2)c2cc(C3(O)O[C@H](CO)[C@@H](OCc4ccccc4)[C@H](OCc4ccccc4)[C@H]3OCc3ccccc3)ccc2Cl)cc1. The number of aliphatic hydroxyl groups excluding tert-OH is 1. The Morgan fingerprint density at radius 1 is 0.621 bits per heavy atom. The molecule has 8 nitrogen and oxygen atoms in total. The maximum absolute atomic E-state index is 13.1. The zero-order chi connectivity index (χ0) is 40.2. The zero-order valence-corrected chi connectivity index (χ0v) is 33.2. The highest BCUT2D eigenvalue weighted by Crippen LogP contribution is 2.44. The van der Waals surface area contributed by atoms with Gasteiger partial charge in [-0.15, -0.1) is 0 Å². The van der Waals surface area contributed by atoms with Gasteiger partial charge in [0.15, 0.2) is 0 Å². The molecular weight excluding hydrogens is 752 g/mol. The number of rotatable bonds is 18.